The third-order valence-electron chi connectivity index (χ3n) is 2.77. The molecule has 0 radical (unpaired) electrons. The average molecular weight is 327 g/mol. The Bertz CT molecular complexity index is 711. The van der Waals surface area contributed by atoms with Crippen molar-refractivity contribution >= 4 is 22.0 Å². The van der Waals surface area contributed by atoms with Crippen molar-refractivity contribution in [2.24, 2.45) is 0 Å². The van der Waals surface area contributed by atoms with Crippen LogP contribution in [-0.2, 0) is 6.54 Å². The van der Waals surface area contributed by atoms with Crippen LogP contribution in [0.15, 0.2) is 40.5 Å². The summed E-state index contributed by atoms with van der Waals surface area (Å²) in [5.41, 5.74) is 2.55. The Morgan fingerprint density at radius 3 is 2.50 bits per heavy atom. The smallest absolute Gasteiger partial charge is 0.130 e. The summed E-state index contributed by atoms with van der Waals surface area (Å²) in [6.07, 6.45) is 3.41. The van der Waals surface area contributed by atoms with Crippen LogP contribution in [0.3, 0.4) is 0 Å². The van der Waals surface area contributed by atoms with Gasteiger partial charge >= 0.3 is 0 Å². The second-order valence-corrected chi connectivity index (χ2v) is 4.99. The molecule has 0 saturated carbocycles. The quantitative estimate of drug-likeness (QED) is 0.806. The van der Waals surface area contributed by atoms with Crippen LogP contribution in [0.25, 0.3) is 17.3 Å². The van der Waals surface area contributed by atoms with Crippen molar-refractivity contribution in [3.8, 4) is 23.4 Å². The number of halogens is 1. The molecule has 0 N–H and O–H groups in total. The van der Waals surface area contributed by atoms with Crippen LogP contribution in [0.5, 0.6) is 0 Å². The highest BCUT2D eigenvalue weighted by Gasteiger charge is 2.10. The maximum absolute atomic E-state index is 8.87. The molecule has 5 heteroatoms. The van der Waals surface area contributed by atoms with E-state index in [2.05, 4.69) is 21.0 Å². The number of nitrogens with zero attached hydrogens (tertiary/aromatic N) is 4. The highest BCUT2D eigenvalue weighted by Crippen LogP contribution is 2.25. The highest BCUT2D eigenvalue weighted by molar-refractivity contribution is 9.10. The van der Waals surface area contributed by atoms with Crippen LogP contribution in [0.2, 0.25) is 0 Å². The van der Waals surface area contributed by atoms with Gasteiger partial charge in [0.05, 0.1) is 5.69 Å². The third kappa shape index (κ3) is 2.96. The van der Waals surface area contributed by atoms with Crippen LogP contribution in [0.1, 0.15) is 12.5 Å². The van der Waals surface area contributed by atoms with Crippen LogP contribution < -0.4 is 0 Å². The molecule has 0 saturated heterocycles. The number of hydrogen-bond donors (Lipinski definition) is 0. The van der Waals surface area contributed by atoms with E-state index in [9.17, 15) is 0 Å². The van der Waals surface area contributed by atoms with Crippen molar-refractivity contribution in [3.05, 3.63) is 46.1 Å². The average Bonchev–Trinajstić information content (AvgIpc) is 2.88. The molecule has 0 fully saturated rings. The van der Waals surface area contributed by atoms with Crippen molar-refractivity contribution in [2.75, 3.05) is 0 Å². The number of hydrogen-bond acceptors (Lipinski definition) is 3. The minimum absolute atomic E-state index is 0.0685. The van der Waals surface area contributed by atoms with Gasteiger partial charge in [-0.25, -0.2) is 0 Å². The van der Waals surface area contributed by atoms with Gasteiger partial charge in [0.1, 0.15) is 17.7 Å². The summed E-state index contributed by atoms with van der Waals surface area (Å²) >= 11 is 3.39. The molecule has 0 unspecified atom stereocenters. The van der Waals surface area contributed by atoms with Crippen molar-refractivity contribution in [2.45, 2.75) is 13.5 Å². The standard InChI is InChI=1S/C15H11BrN4/c1-2-20-10-13(7-11(8-17)9-18)15(19-20)12-3-5-14(16)6-4-12/h3-7,10H,2H2,1H3. The number of nitriles is 2. The largest absolute Gasteiger partial charge is 0.272 e. The normalized spacial score (nSPS) is 9.60. The van der Waals surface area contributed by atoms with Crippen molar-refractivity contribution in [1.29, 1.82) is 10.5 Å². The molecular weight excluding hydrogens is 316 g/mol. The zero-order chi connectivity index (χ0) is 14.5. The Morgan fingerprint density at radius 1 is 1.30 bits per heavy atom. The number of aromatic nitrogens is 2. The van der Waals surface area contributed by atoms with Gasteiger partial charge in [-0.3, -0.25) is 4.68 Å². The minimum atomic E-state index is 0.0685. The van der Waals surface area contributed by atoms with Gasteiger partial charge in [-0.15, -0.1) is 0 Å². The van der Waals surface area contributed by atoms with Gasteiger partial charge in [0.15, 0.2) is 0 Å². The second-order valence-electron chi connectivity index (χ2n) is 4.08. The molecule has 0 spiro atoms. The summed E-state index contributed by atoms with van der Waals surface area (Å²) in [6, 6.07) is 11.5. The molecule has 0 atom stereocenters. The van der Waals surface area contributed by atoms with Crippen molar-refractivity contribution < 1.29 is 0 Å². The second kappa shape index (κ2) is 6.18. The zero-order valence-electron chi connectivity index (χ0n) is 10.8. The summed E-state index contributed by atoms with van der Waals surface area (Å²) in [5.74, 6) is 0. The monoisotopic (exact) mass is 326 g/mol. The topological polar surface area (TPSA) is 65.4 Å². The van der Waals surface area contributed by atoms with Gasteiger partial charge in [-0.1, -0.05) is 28.1 Å². The third-order valence-corrected chi connectivity index (χ3v) is 3.30. The lowest BCUT2D eigenvalue weighted by molar-refractivity contribution is 0.662. The van der Waals surface area contributed by atoms with Gasteiger partial charge < -0.3 is 0 Å². The SMILES string of the molecule is CCn1cc(C=C(C#N)C#N)c(-c2ccc(Br)cc2)n1. The number of rotatable bonds is 3. The Kier molecular flexibility index (Phi) is 4.34. The van der Waals surface area contributed by atoms with E-state index in [1.54, 1.807) is 10.8 Å². The first-order valence-electron chi connectivity index (χ1n) is 6.03. The molecular formula is C15H11BrN4. The summed E-state index contributed by atoms with van der Waals surface area (Å²) in [6.45, 7) is 2.72. The molecule has 4 nitrogen and oxygen atoms in total. The van der Waals surface area contributed by atoms with Crippen LogP contribution >= 0.6 is 15.9 Å². The van der Waals surface area contributed by atoms with E-state index in [-0.39, 0.29) is 5.57 Å². The van der Waals surface area contributed by atoms with E-state index in [0.717, 1.165) is 27.8 Å². The van der Waals surface area contributed by atoms with E-state index in [1.807, 2.05) is 49.5 Å². The van der Waals surface area contributed by atoms with Crippen molar-refractivity contribution in [1.82, 2.24) is 9.78 Å². The Balaban J connectivity index is 2.56. The predicted octanol–water partition coefficient (Wildman–Crippen LogP) is 3.76. The van der Waals surface area contributed by atoms with Crippen LogP contribution in [0.4, 0.5) is 0 Å². The molecule has 0 aliphatic rings. The molecule has 20 heavy (non-hydrogen) atoms. The van der Waals surface area contributed by atoms with E-state index < -0.39 is 0 Å². The first kappa shape index (κ1) is 14.0. The summed E-state index contributed by atoms with van der Waals surface area (Å²) < 4.78 is 2.78. The van der Waals surface area contributed by atoms with Gasteiger partial charge in [-0.05, 0) is 25.1 Å². The molecule has 0 bridgehead atoms. The number of benzene rings is 1. The lowest BCUT2D eigenvalue weighted by Crippen LogP contribution is -1.93. The van der Waals surface area contributed by atoms with Crippen LogP contribution in [0, 0.1) is 22.7 Å². The molecule has 2 aromatic rings. The molecule has 0 aliphatic heterocycles. The van der Waals surface area contributed by atoms with E-state index >= 15 is 0 Å². The van der Waals surface area contributed by atoms with Gasteiger partial charge in [0, 0.05) is 28.3 Å². The fourth-order valence-corrected chi connectivity index (χ4v) is 2.05. The molecule has 0 amide bonds. The van der Waals surface area contributed by atoms with Crippen molar-refractivity contribution in [3.63, 3.8) is 0 Å². The zero-order valence-corrected chi connectivity index (χ0v) is 12.4. The maximum Gasteiger partial charge on any atom is 0.130 e. The van der Waals surface area contributed by atoms with E-state index in [1.165, 1.54) is 0 Å². The van der Waals surface area contributed by atoms with E-state index in [0.29, 0.717) is 0 Å². The molecule has 2 rings (SSSR count). The maximum atomic E-state index is 8.87. The summed E-state index contributed by atoms with van der Waals surface area (Å²) in [7, 11) is 0. The Labute approximate surface area is 125 Å². The fourth-order valence-electron chi connectivity index (χ4n) is 1.78. The Morgan fingerprint density at radius 2 is 1.95 bits per heavy atom. The first-order valence-corrected chi connectivity index (χ1v) is 6.82. The number of aryl methyl sites for hydroxylation is 1. The fraction of sp³-hybridized carbons (Fsp3) is 0.133. The summed E-state index contributed by atoms with van der Waals surface area (Å²) in [5, 5.41) is 22.2. The first-order chi connectivity index (χ1) is 9.67. The lowest BCUT2D eigenvalue weighted by atomic mass is 10.1. The highest BCUT2D eigenvalue weighted by atomic mass is 79.9. The number of allylic oxidation sites excluding steroid dienone is 1. The van der Waals surface area contributed by atoms with Gasteiger partial charge in [0.2, 0.25) is 0 Å². The molecule has 0 aliphatic carbocycles. The minimum Gasteiger partial charge on any atom is -0.272 e. The van der Waals surface area contributed by atoms with Crippen LogP contribution in [-0.4, -0.2) is 9.78 Å². The molecule has 1 aromatic heterocycles. The Hall–Kier alpha value is -2.37. The summed E-state index contributed by atoms with van der Waals surface area (Å²) in [4.78, 5) is 0. The molecule has 98 valence electrons. The van der Waals surface area contributed by atoms with Gasteiger partial charge in [0.25, 0.3) is 0 Å². The molecule has 1 heterocycles. The van der Waals surface area contributed by atoms with E-state index in [4.69, 9.17) is 10.5 Å². The molecule has 1 aromatic carbocycles. The van der Waals surface area contributed by atoms with Gasteiger partial charge in [-0.2, -0.15) is 15.6 Å². The lowest BCUT2D eigenvalue weighted by Gasteiger charge is -1.99. The predicted molar refractivity (Wildman–Crippen MR) is 80.2 cm³/mol.